The number of carbonyl (C=O) groups excluding carboxylic acids is 2. The fourth-order valence-corrected chi connectivity index (χ4v) is 9.93. The molecule has 6 unspecified atom stereocenters. The second kappa shape index (κ2) is 7.59. The number of nitro groups is 1. The number of rotatable bonds is 3. The molecule has 0 spiro atoms. The molecule has 0 radical (unpaired) electrons. The minimum atomic E-state index is -0.521. The molecule has 2 aromatic carbocycles. The summed E-state index contributed by atoms with van der Waals surface area (Å²) >= 11 is 2.75. The van der Waals surface area contributed by atoms with Gasteiger partial charge >= 0.3 is 4.87 Å². The molecular weight excluding hydrogens is 505 g/mol. The first-order valence-corrected chi connectivity index (χ1v) is 13.3. The van der Waals surface area contributed by atoms with Gasteiger partial charge in [0.2, 0.25) is 11.8 Å². The molecule has 2 aliphatic heterocycles. The molecule has 2 amide bonds. The topological polar surface area (TPSA) is 113 Å². The van der Waals surface area contributed by atoms with Crippen LogP contribution in [-0.2, 0) is 9.59 Å². The van der Waals surface area contributed by atoms with Gasteiger partial charge in [-0.25, -0.2) is 4.39 Å². The first-order chi connectivity index (χ1) is 17.3. The minimum Gasteiger partial charge on any atom is -0.307 e. The van der Waals surface area contributed by atoms with Crippen molar-refractivity contribution in [1.29, 1.82) is 0 Å². The Morgan fingerprint density at radius 2 is 1.64 bits per heavy atom. The maximum atomic E-state index is 13.7. The number of hydrogen-bond acceptors (Lipinski definition) is 7. The van der Waals surface area contributed by atoms with Crippen molar-refractivity contribution in [3.05, 3.63) is 84.6 Å². The van der Waals surface area contributed by atoms with Gasteiger partial charge in [-0.1, -0.05) is 23.5 Å². The molecule has 11 heteroatoms. The van der Waals surface area contributed by atoms with Crippen LogP contribution in [0.2, 0.25) is 0 Å². The van der Waals surface area contributed by atoms with E-state index in [2.05, 4.69) is 4.98 Å². The van der Waals surface area contributed by atoms with Crippen molar-refractivity contribution in [1.82, 2.24) is 4.98 Å². The van der Waals surface area contributed by atoms with E-state index < -0.39 is 16.8 Å². The summed E-state index contributed by atoms with van der Waals surface area (Å²) < 4.78 is 13.7. The highest BCUT2D eigenvalue weighted by molar-refractivity contribution is 8.00. The zero-order valence-corrected chi connectivity index (χ0v) is 20.1. The molecule has 7 atom stereocenters. The number of nitrogens with zero attached hydrogens (tertiary/aromatic N) is 2. The first kappa shape index (κ1) is 21.9. The zero-order valence-electron chi connectivity index (χ0n) is 18.5. The lowest BCUT2D eigenvalue weighted by atomic mass is 9.68. The number of hydrogen-bond donors (Lipinski definition) is 1. The number of aromatic amines is 1. The van der Waals surface area contributed by atoms with Crippen LogP contribution in [-0.4, -0.2) is 27.0 Å². The van der Waals surface area contributed by atoms with Crippen LogP contribution in [0, 0.1) is 45.5 Å². The summed E-state index contributed by atoms with van der Waals surface area (Å²) in [7, 11) is 0. The molecule has 4 aliphatic rings. The van der Waals surface area contributed by atoms with Crippen molar-refractivity contribution in [2.75, 3.05) is 4.90 Å². The average molecular weight is 524 g/mol. The predicted molar refractivity (Wildman–Crippen MR) is 130 cm³/mol. The van der Waals surface area contributed by atoms with Crippen LogP contribution in [0.3, 0.4) is 0 Å². The van der Waals surface area contributed by atoms with Gasteiger partial charge in [0.1, 0.15) is 5.82 Å². The summed E-state index contributed by atoms with van der Waals surface area (Å²) in [5, 5.41) is 11.9. The SMILES string of the molecule is O=C1C2C3CC(C2C(=O)N1c1ccc([N+](=O)[O-])cc1)C1C3Sc2[nH]c(=O)sc2[C@@H]1c1ccc(F)cc1. The number of nitro benzene ring substituents is 1. The number of thiazole rings is 1. The van der Waals surface area contributed by atoms with E-state index in [9.17, 15) is 28.9 Å². The molecule has 2 saturated carbocycles. The van der Waals surface area contributed by atoms with E-state index in [-0.39, 0.29) is 57.1 Å². The van der Waals surface area contributed by atoms with Crippen molar-refractivity contribution in [2.45, 2.75) is 22.6 Å². The maximum Gasteiger partial charge on any atom is 0.305 e. The molecule has 8 nitrogen and oxygen atoms in total. The Hall–Kier alpha value is -3.31. The Bertz CT molecular complexity index is 1500. The number of nitrogens with one attached hydrogen (secondary N) is 1. The molecule has 3 heterocycles. The Balaban J connectivity index is 1.29. The van der Waals surface area contributed by atoms with Crippen molar-refractivity contribution >= 4 is 46.3 Å². The summed E-state index contributed by atoms with van der Waals surface area (Å²) in [6.07, 6.45) is 0.750. The molecular formula is C25H18FN3O5S2. The number of H-pyrrole nitrogens is 1. The lowest BCUT2D eigenvalue weighted by molar-refractivity contribution is -0.384. The van der Waals surface area contributed by atoms with Gasteiger partial charge in [0.05, 0.1) is 27.5 Å². The van der Waals surface area contributed by atoms with E-state index >= 15 is 0 Å². The van der Waals surface area contributed by atoms with Crippen molar-refractivity contribution in [3.63, 3.8) is 0 Å². The quantitative estimate of drug-likeness (QED) is 0.313. The van der Waals surface area contributed by atoms with Gasteiger partial charge in [0.25, 0.3) is 5.69 Å². The van der Waals surface area contributed by atoms with Crippen LogP contribution in [0.15, 0.2) is 58.4 Å². The fraction of sp³-hybridized carbons (Fsp3) is 0.320. The molecule has 2 aliphatic carbocycles. The molecule has 1 N–H and O–H groups in total. The first-order valence-electron chi connectivity index (χ1n) is 11.6. The number of fused-ring (bicyclic) bond motifs is 9. The smallest absolute Gasteiger partial charge is 0.305 e. The van der Waals surface area contributed by atoms with Crippen molar-refractivity contribution in [2.24, 2.45) is 29.6 Å². The van der Waals surface area contributed by atoms with Gasteiger partial charge in [0, 0.05) is 28.2 Å². The molecule has 3 fully saturated rings. The lowest BCUT2D eigenvalue weighted by Gasteiger charge is -2.43. The molecule has 2 bridgehead atoms. The fourth-order valence-electron chi connectivity index (χ4n) is 7.04. The molecule has 3 aromatic rings. The Kier molecular flexibility index (Phi) is 4.63. The van der Waals surface area contributed by atoms with E-state index in [1.807, 2.05) is 0 Å². The van der Waals surface area contributed by atoms with Gasteiger partial charge < -0.3 is 4.98 Å². The summed E-state index contributed by atoms with van der Waals surface area (Å²) in [5.74, 6) is -2.01. The Morgan fingerprint density at radius 1 is 0.972 bits per heavy atom. The number of amides is 2. The number of imide groups is 1. The van der Waals surface area contributed by atoms with E-state index in [4.69, 9.17) is 0 Å². The number of aromatic nitrogens is 1. The summed E-state index contributed by atoms with van der Waals surface area (Å²) in [6, 6.07) is 11.8. The highest BCUT2D eigenvalue weighted by Crippen LogP contribution is 2.68. The second-order valence-corrected chi connectivity index (χ2v) is 12.0. The third-order valence-electron chi connectivity index (χ3n) is 8.27. The number of non-ortho nitro benzene ring substituents is 1. The van der Waals surface area contributed by atoms with Crippen LogP contribution < -0.4 is 9.77 Å². The average Bonchev–Trinajstić information content (AvgIpc) is 3.58. The maximum absolute atomic E-state index is 13.7. The third-order valence-corrected chi connectivity index (χ3v) is 10.9. The van der Waals surface area contributed by atoms with Crippen LogP contribution in [0.1, 0.15) is 22.8 Å². The van der Waals surface area contributed by atoms with E-state index in [0.29, 0.717) is 5.69 Å². The Morgan fingerprint density at radius 3 is 2.31 bits per heavy atom. The monoisotopic (exact) mass is 523 g/mol. The number of anilines is 1. The van der Waals surface area contributed by atoms with Crippen molar-refractivity contribution < 1.29 is 18.9 Å². The van der Waals surface area contributed by atoms with E-state index in [0.717, 1.165) is 33.2 Å². The van der Waals surface area contributed by atoms with Crippen molar-refractivity contribution in [3.8, 4) is 0 Å². The normalized spacial score (nSPS) is 31.9. The summed E-state index contributed by atoms with van der Waals surface area (Å²) in [6.45, 7) is 0. The number of thioether (sulfide) groups is 1. The molecule has 1 saturated heterocycles. The van der Waals surface area contributed by atoms with Crippen LogP contribution in [0.4, 0.5) is 15.8 Å². The third kappa shape index (κ3) is 2.89. The minimum absolute atomic E-state index is 0.0271. The van der Waals surface area contributed by atoms with Crippen LogP contribution in [0.25, 0.3) is 0 Å². The summed E-state index contributed by atoms with van der Waals surface area (Å²) in [5.41, 5.74) is 1.14. The van der Waals surface area contributed by atoms with Crippen LogP contribution >= 0.6 is 23.1 Å². The number of carbonyl (C=O) groups is 2. The van der Waals surface area contributed by atoms with E-state index in [1.165, 1.54) is 41.3 Å². The lowest BCUT2D eigenvalue weighted by Crippen LogP contribution is -2.42. The second-order valence-electron chi connectivity index (χ2n) is 9.80. The number of benzene rings is 2. The molecule has 182 valence electrons. The van der Waals surface area contributed by atoms with Gasteiger partial charge in [-0.05, 0) is 54.0 Å². The standard InChI is InChI=1S/C25H18FN3O5S2/c26-11-3-1-10(2-4-11)16-17-14-9-15(20(17)35-22-21(16)36-25(32)27-22)19-18(14)23(30)28(24(19)31)12-5-7-13(8-6-12)29(33)34/h1-8,14-20H,9H2,(H,27,32)/t14?,15?,16-,17?,18?,19?,20?/m1/s1. The zero-order chi connectivity index (χ0) is 24.9. The number of halogens is 1. The Labute approximate surface area is 211 Å². The van der Waals surface area contributed by atoms with Gasteiger partial charge in [0.15, 0.2) is 0 Å². The van der Waals surface area contributed by atoms with Crippen LogP contribution in [0.5, 0.6) is 0 Å². The van der Waals surface area contributed by atoms with Gasteiger partial charge in [-0.3, -0.25) is 29.4 Å². The van der Waals surface area contributed by atoms with Gasteiger partial charge in [-0.2, -0.15) is 0 Å². The summed E-state index contributed by atoms with van der Waals surface area (Å²) in [4.78, 5) is 55.0. The molecule has 7 rings (SSSR count). The highest BCUT2D eigenvalue weighted by Gasteiger charge is 2.69. The van der Waals surface area contributed by atoms with Gasteiger partial charge in [-0.15, -0.1) is 11.8 Å². The highest BCUT2D eigenvalue weighted by atomic mass is 32.2. The molecule has 36 heavy (non-hydrogen) atoms. The van der Waals surface area contributed by atoms with E-state index in [1.54, 1.807) is 23.9 Å². The molecule has 1 aromatic heterocycles. The predicted octanol–water partition coefficient (Wildman–Crippen LogP) is 4.16. The largest absolute Gasteiger partial charge is 0.307 e.